The van der Waals surface area contributed by atoms with Crippen LogP contribution in [0.2, 0.25) is 0 Å². The molecule has 1 aromatic heterocycles. The number of aromatic nitrogens is 1. The van der Waals surface area contributed by atoms with Crippen LogP contribution in [0.15, 0.2) is 237 Å². The van der Waals surface area contributed by atoms with Crippen molar-refractivity contribution in [1.29, 1.82) is 5.26 Å². The highest BCUT2D eigenvalue weighted by molar-refractivity contribution is 6.25. The van der Waals surface area contributed by atoms with E-state index in [0.717, 1.165) is 50.1 Å². The number of pyridine rings is 1. The van der Waals surface area contributed by atoms with Crippen molar-refractivity contribution in [3.05, 3.63) is 242 Å². The summed E-state index contributed by atoms with van der Waals surface area (Å²) in [6.45, 7) is 0. The Bertz CT molecular complexity index is 3820. The standard InChI is InChI=1S/C62H39N3/c63-39-41-21-29-50(30-22-41)65(51-31-25-42(26-32-51)49-14-9-35-64-40-49)52-33-27-46-36-45(23-24-47(46)37-52)48-28-34-59-60(38-48)62(56-20-8-13-44-11-2-4-16-54(44)56)58-18-6-5-17-57(58)61(59)55-19-7-12-43-10-1-3-15-53(43)55/h1-38,40H. The van der Waals surface area contributed by atoms with E-state index in [1.54, 1.807) is 6.20 Å². The van der Waals surface area contributed by atoms with Crippen LogP contribution in [0.3, 0.4) is 0 Å². The summed E-state index contributed by atoms with van der Waals surface area (Å²) in [5.74, 6) is 0. The van der Waals surface area contributed by atoms with Crippen molar-refractivity contribution in [2.45, 2.75) is 0 Å². The van der Waals surface area contributed by atoms with Crippen LogP contribution >= 0.6 is 0 Å². The van der Waals surface area contributed by atoms with Gasteiger partial charge in [0.1, 0.15) is 0 Å². The van der Waals surface area contributed by atoms with Gasteiger partial charge in [-0.05, 0) is 165 Å². The van der Waals surface area contributed by atoms with Crippen molar-refractivity contribution in [2.75, 3.05) is 4.90 Å². The smallest absolute Gasteiger partial charge is 0.0991 e. The molecule has 0 aliphatic carbocycles. The van der Waals surface area contributed by atoms with E-state index in [0.29, 0.717) is 5.56 Å². The minimum atomic E-state index is 0.627. The molecule has 0 spiro atoms. The number of hydrogen-bond acceptors (Lipinski definition) is 3. The van der Waals surface area contributed by atoms with Crippen molar-refractivity contribution in [3.8, 4) is 50.6 Å². The maximum absolute atomic E-state index is 9.59. The summed E-state index contributed by atoms with van der Waals surface area (Å²) in [6, 6.07) is 83.0. The Hall–Kier alpha value is -8.84. The number of nitrogens with zero attached hydrogens (tertiary/aromatic N) is 3. The van der Waals surface area contributed by atoms with Gasteiger partial charge in [0.25, 0.3) is 0 Å². The van der Waals surface area contributed by atoms with Gasteiger partial charge >= 0.3 is 0 Å². The molecule has 0 N–H and O–H groups in total. The molecule has 0 amide bonds. The van der Waals surface area contributed by atoms with E-state index in [4.69, 9.17) is 0 Å². The van der Waals surface area contributed by atoms with Crippen molar-refractivity contribution in [2.24, 2.45) is 0 Å². The molecule has 0 unspecified atom stereocenters. The van der Waals surface area contributed by atoms with E-state index in [1.165, 1.54) is 65.3 Å². The number of rotatable bonds is 7. The van der Waals surface area contributed by atoms with E-state index in [1.807, 2.05) is 36.5 Å². The fourth-order valence-electron chi connectivity index (χ4n) is 9.85. The second kappa shape index (κ2) is 15.8. The fraction of sp³-hybridized carbons (Fsp3) is 0. The molecule has 3 nitrogen and oxygen atoms in total. The monoisotopic (exact) mass is 825 g/mol. The Labute approximate surface area is 377 Å². The number of hydrogen-bond donors (Lipinski definition) is 0. The summed E-state index contributed by atoms with van der Waals surface area (Å²) in [6.07, 6.45) is 3.68. The molecule has 0 fully saturated rings. The first-order chi connectivity index (χ1) is 32.2. The van der Waals surface area contributed by atoms with Crippen molar-refractivity contribution >= 4 is 70.9 Å². The lowest BCUT2D eigenvalue weighted by atomic mass is 9.83. The number of fused-ring (bicyclic) bond motifs is 5. The van der Waals surface area contributed by atoms with Crippen LogP contribution in [0.25, 0.3) is 98.4 Å². The van der Waals surface area contributed by atoms with Gasteiger partial charge in [0.05, 0.1) is 11.6 Å². The molecule has 12 aromatic rings. The maximum Gasteiger partial charge on any atom is 0.0991 e. The Balaban J connectivity index is 1.02. The lowest BCUT2D eigenvalue weighted by molar-refractivity contribution is 1.28. The summed E-state index contributed by atoms with van der Waals surface area (Å²) in [4.78, 5) is 6.57. The molecule has 3 heteroatoms. The zero-order valence-corrected chi connectivity index (χ0v) is 35.4. The molecule has 0 aliphatic rings. The van der Waals surface area contributed by atoms with Crippen LogP contribution in [-0.2, 0) is 0 Å². The van der Waals surface area contributed by atoms with Gasteiger partial charge in [-0.3, -0.25) is 4.98 Å². The average molecular weight is 826 g/mol. The molecule has 1 heterocycles. The molecule has 12 rings (SSSR count). The van der Waals surface area contributed by atoms with E-state index < -0.39 is 0 Å². The van der Waals surface area contributed by atoms with Gasteiger partial charge in [-0.2, -0.15) is 5.26 Å². The quantitative estimate of drug-likeness (QED) is 0.150. The van der Waals surface area contributed by atoms with Gasteiger partial charge in [0, 0.05) is 29.5 Å². The first-order valence-electron chi connectivity index (χ1n) is 22.0. The molecule has 11 aromatic carbocycles. The van der Waals surface area contributed by atoms with E-state index in [9.17, 15) is 5.26 Å². The second-order valence-corrected chi connectivity index (χ2v) is 16.6. The van der Waals surface area contributed by atoms with Crippen LogP contribution in [0.5, 0.6) is 0 Å². The second-order valence-electron chi connectivity index (χ2n) is 16.6. The van der Waals surface area contributed by atoms with Gasteiger partial charge in [-0.1, -0.05) is 158 Å². The SMILES string of the molecule is N#Cc1ccc(N(c2ccc(-c3cccnc3)cc2)c2ccc3cc(-c4ccc5c(-c6cccc7ccccc67)c6ccccc6c(-c6cccc7ccccc67)c5c4)ccc3c2)cc1. The van der Waals surface area contributed by atoms with Crippen LogP contribution in [0, 0.1) is 11.3 Å². The minimum absolute atomic E-state index is 0.627. The summed E-state index contributed by atoms with van der Waals surface area (Å²) < 4.78 is 0. The Morgan fingerprint density at radius 3 is 1.49 bits per heavy atom. The maximum atomic E-state index is 9.59. The third-order valence-corrected chi connectivity index (χ3v) is 12.9. The molecule has 302 valence electrons. The van der Waals surface area contributed by atoms with E-state index >= 15 is 0 Å². The number of benzene rings is 11. The first-order valence-corrected chi connectivity index (χ1v) is 22.0. The van der Waals surface area contributed by atoms with Crippen molar-refractivity contribution < 1.29 is 0 Å². The molecular weight excluding hydrogens is 787 g/mol. The normalized spacial score (nSPS) is 11.4. The molecule has 0 saturated carbocycles. The molecule has 0 atom stereocenters. The van der Waals surface area contributed by atoms with Gasteiger partial charge in [-0.15, -0.1) is 0 Å². The van der Waals surface area contributed by atoms with Crippen molar-refractivity contribution in [3.63, 3.8) is 0 Å². The first kappa shape index (κ1) is 37.9. The lowest BCUT2D eigenvalue weighted by Gasteiger charge is -2.26. The van der Waals surface area contributed by atoms with Crippen LogP contribution in [-0.4, -0.2) is 4.98 Å². The Morgan fingerprint density at radius 1 is 0.338 bits per heavy atom. The van der Waals surface area contributed by atoms with Crippen LogP contribution < -0.4 is 4.90 Å². The molecule has 65 heavy (non-hydrogen) atoms. The van der Waals surface area contributed by atoms with Crippen molar-refractivity contribution in [1.82, 2.24) is 4.98 Å². The fourth-order valence-corrected chi connectivity index (χ4v) is 9.85. The number of nitriles is 1. The van der Waals surface area contributed by atoms with Crippen LogP contribution in [0.4, 0.5) is 17.1 Å². The van der Waals surface area contributed by atoms with Gasteiger partial charge < -0.3 is 4.90 Å². The zero-order valence-electron chi connectivity index (χ0n) is 35.4. The topological polar surface area (TPSA) is 39.9 Å². The zero-order chi connectivity index (χ0) is 43.3. The van der Waals surface area contributed by atoms with Gasteiger partial charge in [0.15, 0.2) is 0 Å². The lowest BCUT2D eigenvalue weighted by Crippen LogP contribution is -2.09. The molecule has 0 radical (unpaired) electrons. The van der Waals surface area contributed by atoms with E-state index in [-0.39, 0.29) is 0 Å². The summed E-state index contributed by atoms with van der Waals surface area (Å²) >= 11 is 0. The molecular formula is C62H39N3. The largest absolute Gasteiger partial charge is 0.310 e. The number of anilines is 3. The highest BCUT2D eigenvalue weighted by Gasteiger charge is 2.20. The van der Waals surface area contributed by atoms with Gasteiger partial charge in [-0.25, -0.2) is 0 Å². The highest BCUT2D eigenvalue weighted by Crippen LogP contribution is 2.48. The summed E-state index contributed by atoms with van der Waals surface area (Å²) in [7, 11) is 0. The van der Waals surface area contributed by atoms with Crippen LogP contribution in [0.1, 0.15) is 5.56 Å². The minimum Gasteiger partial charge on any atom is -0.310 e. The predicted octanol–water partition coefficient (Wildman–Crippen LogP) is 16.9. The van der Waals surface area contributed by atoms with E-state index in [2.05, 4.69) is 210 Å². The predicted molar refractivity (Wildman–Crippen MR) is 273 cm³/mol. The average Bonchev–Trinajstić information content (AvgIpc) is 3.38. The third kappa shape index (κ3) is 6.65. The molecule has 0 bridgehead atoms. The molecule has 0 aliphatic heterocycles. The third-order valence-electron chi connectivity index (χ3n) is 12.9. The highest BCUT2D eigenvalue weighted by atomic mass is 15.1. The Morgan fingerprint density at radius 2 is 0.846 bits per heavy atom. The van der Waals surface area contributed by atoms with Gasteiger partial charge in [0.2, 0.25) is 0 Å². The molecule has 0 saturated heterocycles. The Kier molecular flexibility index (Phi) is 9.22. The summed E-state index contributed by atoms with van der Waals surface area (Å²) in [5.41, 5.74) is 13.1. The summed E-state index contributed by atoms with van der Waals surface area (Å²) in [5, 5.41) is 21.8.